The molecule has 11 rings (SSSR count). The van der Waals surface area contributed by atoms with Crippen molar-refractivity contribution in [1.29, 1.82) is 0 Å². The summed E-state index contributed by atoms with van der Waals surface area (Å²) in [5.74, 6) is 1.30. The van der Waals surface area contributed by atoms with Crippen molar-refractivity contribution in [3.63, 3.8) is 0 Å². The van der Waals surface area contributed by atoms with Crippen LogP contribution in [0.1, 0.15) is 120 Å². The Hall–Kier alpha value is -13.3. The van der Waals surface area contributed by atoms with Crippen LogP contribution in [0.5, 0.6) is 40.2 Å². The average Bonchev–Trinajstić information content (AvgIpc) is 0.868. The number of benzene rings is 11. The summed E-state index contributed by atoms with van der Waals surface area (Å²) in [5, 5.41) is 41.8. The topological polar surface area (TPSA) is 334 Å². The van der Waals surface area contributed by atoms with Crippen LogP contribution in [0.25, 0.3) is 0 Å². The molecule has 0 fully saturated rings. The van der Waals surface area contributed by atoms with Gasteiger partial charge in [-0.3, -0.25) is 38.4 Å². The number of ether oxygens (including phenoxy) is 8. The molecule has 613 valence electrons. The maximum atomic E-state index is 12.0. The van der Waals surface area contributed by atoms with E-state index in [4.69, 9.17) is 53.8 Å². The van der Waals surface area contributed by atoms with Gasteiger partial charge in [-0.2, -0.15) is 0 Å². The van der Waals surface area contributed by atoms with Crippen LogP contribution in [0.3, 0.4) is 0 Å². The van der Waals surface area contributed by atoms with E-state index in [0.29, 0.717) is 77.2 Å². The first-order chi connectivity index (χ1) is 56.7. The summed E-state index contributed by atoms with van der Waals surface area (Å²) in [6.45, 7) is 5.03. The van der Waals surface area contributed by atoms with Crippen LogP contribution in [0.4, 0.5) is 0 Å². The Morgan fingerprint density at radius 2 is 0.538 bits per heavy atom. The van der Waals surface area contributed by atoms with Gasteiger partial charge >= 0.3 is 47.5 Å². The molecular formula is C93H95BN2NaO22. The number of esters is 3. The van der Waals surface area contributed by atoms with Crippen molar-refractivity contribution in [2.24, 2.45) is 10.3 Å². The van der Waals surface area contributed by atoms with Gasteiger partial charge in [0, 0.05) is 54.5 Å². The second-order valence-electron chi connectivity index (χ2n) is 24.3. The van der Waals surface area contributed by atoms with E-state index in [9.17, 15) is 38.4 Å². The summed E-state index contributed by atoms with van der Waals surface area (Å²) < 4.78 is 41.9. The summed E-state index contributed by atoms with van der Waals surface area (Å²) in [7, 11) is 7.76. The predicted molar refractivity (Wildman–Crippen MR) is 449 cm³/mol. The van der Waals surface area contributed by atoms with Crippen LogP contribution in [-0.4, -0.2) is 143 Å². The number of ketones is 5. The number of phenols is 2. The van der Waals surface area contributed by atoms with Crippen molar-refractivity contribution in [3.8, 4) is 40.2 Å². The van der Waals surface area contributed by atoms with Crippen LogP contribution in [0.2, 0.25) is 0 Å². The smallest absolute Gasteiger partial charge is 1.00 e. The van der Waals surface area contributed by atoms with E-state index in [-0.39, 0.29) is 112 Å². The zero-order chi connectivity index (χ0) is 85.0. The first kappa shape index (κ1) is 99.9. The Labute approximate surface area is 717 Å². The van der Waals surface area contributed by atoms with Crippen molar-refractivity contribution in [3.05, 3.63) is 352 Å². The molecule has 0 aliphatic carbocycles. The molecular weight excluding hydrogens is 1530 g/mol. The van der Waals surface area contributed by atoms with E-state index in [1.54, 1.807) is 79.7 Å². The third-order valence-electron chi connectivity index (χ3n) is 16.0. The number of hydrogen-bond acceptors (Lipinski definition) is 24. The first-order valence-electron chi connectivity index (χ1n) is 36.2. The summed E-state index contributed by atoms with van der Waals surface area (Å²) in [6.07, 6.45) is -0.808. The van der Waals surface area contributed by atoms with Gasteiger partial charge < -0.3 is 69.4 Å². The van der Waals surface area contributed by atoms with Crippen LogP contribution in [0, 0.1) is 0 Å². The predicted octanol–water partition coefficient (Wildman–Crippen LogP) is 12.6. The van der Waals surface area contributed by atoms with Crippen molar-refractivity contribution in [2.75, 3.05) is 55.9 Å². The van der Waals surface area contributed by atoms with E-state index in [1.165, 1.54) is 78.9 Å². The molecule has 0 atom stereocenters. The van der Waals surface area contributed by atoms with Crippen LogP contribution < -0.4 is 53.2 Å². The van der Waals surface area contributed by atoms with Gasteiger partial charge in [0.05, 0.1) is 27.9 Å². The van der Waals surface area contributed by atoms with E-state index in [1.807, 2.05) is 182 Å². The maximum absolute atomic E-state index is 12.0. The number of aliphatic hydroxyl groups excluding tert-OH is 2. The van der Waals surface area contributed by atoms with Crippen LogP contribution in [0.15, 0.2) is 301 Å². The quantitative estimate of drug-likeness (QED) is 0.00596. The Bertz CT molecular complexity index is 4860. The molecule has 11 aromatic rings. The molecule has 26 heteroatoms. The van der Waals surface area contributed by atoms with E-state index in [2.05, 4.69) is 24.5 Å². The fourth-order valence-electron chi connectivity index (χ4n) is 9.65. The molecule has 4 N–H and O–H groups in total. The molecule has 0 aliphatic heterocycles. The Morgan fingerprint density at radius 1 is 0.303 bits per heavy atom. The van der Waals surface area contributed by atoms with Crippen molar-refractivity contribution in [2.45, 2.75) is 59.5 Å². The Morgan fingerprint density at radius 3 is 0.807 bits per heavy atom. The number of nitrogens with zero attached hydrogens (tertiary/aromatic N) is 2. The average molecular weight is 1630 g/mol. The minimum Gasteiger partial charge on any atom is -1.00 e. The number of Topliss-reactive ketones (excluding diaryl/α,β-unsaturated/α-hetero) is 5. The van der Waals surface area contributed by atoms with E-state index in [0.717, 1.165) is 57.7 Å². The standard InChI is InChI=1S/C26H25NO6.C17H16O4.C16H17NO3.C15H14O2.C10H10O4.C8H8O2.CH4O.B.Na.H/c1-30-26(29)16-25(28)21-10-14-23(15-11-21)32-17-19-8-12-22(13-9-19)33-18-24(27-31-2)20-6-4-3-5-7-20;1-20-17(19)11-16(18)14-7-9-15(10-8-14)21-12-13-5-3-2-4-6-13;1-19-17-16(14-5-3-2-4-6-14)12-20-15-9-7-13(11-18)8-10-15;1-12(16)14-7-9-15(10-8-14)17-11-13-5-3-2-4-6-13;1-14-10(13)6-9(12)7-2-4-8(11)5-3-7;1-6(9)7-2-4-8(10)5-3-7;1-2;;;/h3-15H,16-18H2,1-2H3;2-10H,11-12H2,1H3;2-10,18H,11-12H2,1H3;2-10H,11H2,1H3;2-5,11H,6H2,1H3;2-5,10H,1H3;2H,1H3;;;/q;;;;;;;;+1;-1/b27-24+;;17-16+;;;;;;;. The molecule has 0 saturated heterocycles. The van der Waals surface area contributed by atoms with E-state index < -0.39 is 17.9 Å². The number of oxime groups is 2. The summed E-state index contributed by atoms with van der Waals surface area (Å²) in [6, 6.07) is 86.5. The molecule has 0 bridgehead atoms. The Kier molecular flexibility index (Phi) is 48.4. The van der Waals surface area contributed by atoms with Gasteiger partial charge in [-0.05, 0) is 182 Å². The number of aromatic hydroxyl groups is 2. The fraction of sp³-hybridized carbons (Fsp3) is 0.183. The number of carbonyl (C=O) groups excluding carboxylic acids is 8. The monoisotopic (exact) mass is 1630 g/mol. The normalized spacial score (nSPS) is 10.0. The van der Waals surface area contributed by atoms with Gasteiger partial charge in [0.25, 0.3) is 0 Å². The SMILES string of the molecule is CC(=O)c1ccc(O)cc1.CC(=O)c1ccc(OCc2ccccc2)cc1.CO.CO/N=C(\COc1ccc(CO)cc1)c1ccccc1.CO/N=C(\COc1ccc(COc2ccc(C(=O)CC(=O)OC)cc2)cc1)c1ccccc1.COC(=O)CC(=O)c1ccc(O)cc1.COC(=O)CC(=O)c1ccc(OCc2ccccc2)cc1.[B].[H-].[Na+]. The summed E-state index contributed by atoms with van der Waals surface area (Å²) >= 11 is 0. The van der Waals surface area contributed by atoms with E-state index >= 15 is 0 Å². The first-order valence-corrected chi connectivity index (χ1v) is 36.2. The molecule has 0 aromatic heterocycles. The minimum absolute atomic E-state index is 0. The van der Waals surface area contributed by atoms with Crippen LogP contribution >= 0.6 is 0 Å². The number of aliphatic hydroxyl groups is 2. The van der Waals surface area contributed by atoms with Gasteiger partial charge in [0.1, 0.15) is 118 Å². The molecule has 3 radical (unpaired) electrons. The molecule has 0 aliphatic rings. The third kappa shape index (κ3) is 39.3. The summed E-state index contributed by atoms with van der Waals surface area (Å²) in [4.78, 5) is 99.7. The number of hydrogen-bond donors (Lipinski definition) is 4. The number of carbonyl (C=O) groups is 8. The van der Waals surface area contributed by atoms with Gasteiger partial charge in [-0.15, -0.1) is 0 Å². The molecule has 0 heterocycles. The molecule has 0 unspecified atom stereocenters. The van der Waals surface area contributed by atoms with Gasteiger partial charge in [-0.1, -0.05) is 156 Å². The third-order valence-corrected chi connectivity index (χ3v) is 16.0. The number of phenolic OH excluding ortho intramolecular Hbond substituents is 2. The second-order valence-corrected chi connectivity index (χ2v) is 24.3. The number of rotatable bonds is 31. The minimum atomic E-state index is -0.567. The summed E-state index contributed by atoms with van der Waals surface area (Å²) in [5.41, 5.74) is 9.93. The van der Waals surface area contributed by atoms with Gasteiger partial charge in [0.2, 0.25) is 0 Å². The molecule has 119 heavy (non-hydrogen) atoms. The zero-order valence-corrected chi connectivity index (χ0v) is 69.7. The number of methoxy groups -OCH3 is 3. The molecule has 24 nitrogen and oxygen atoms in total. The molecule has 0 amide bonds. The molecule has 0 spiro atoms. The zero-order valence-electron chi connectivity index (χ0n) is 68.7. The van der Waals surface area contributed by atoms with Gasteiger partial charge in [-0.25, -0.2) is 0 Å². The molecule has 11 aromatic carbocycles. The van der Waals surface area contributed by atoms with Crippen molar-refractivity contribution < 1.29 is 137 Å². The Balaban J connectivity index is 0.000000500. The van der Waals surface area contributed by atoms with Gasteiger partial charge in [0.15, 0.2) is 28.9 Å². The molecule has 0 saturated carbocycles. The van der Waals surface area contributed by atoms with Crippen molar-refractivity contribution in [1.82, 2.24) is 0 Å². The van der Waals surface area contributed by atoms with Crippen LogP contribution in [-0.2, 0) is 64.7 Å². The largest absolute Gasteiger partial charge is 1.00 e. The second kappa shape index (κ2) is 57.7. The fourth-order valence-corrected chi connectivity index (χ4v) is 9.65. The van der Waals surface area contributed by atoms with Crippen molar-refractivity contribution >= 4 is 66.7 Å². The maximum Gasteiger partial charge on any atom is 1.00 e.